The molecule has 0 aliphatic heterocycles. The second kappa shape index (κ2) is 4.43. The quantitative estimate of drug-likeness (QED) is 0.452. The Morgan fingerprint density at radius 1 is 1.36 bits per heavy atom. The highest BCUT2D eigenvalue weighted by Crippen LogP contribution is 2.09. The number of para-hydroxylation sites is 1. The minimum absolute atomic E-state index is 0.830. The van der Waals surface area contributed by atoms with Crippen molar-refractivity contribution in [2.75, 3.05) is 11.9 Å². The fourth-order valence-corrected chi connectivity index (χ4v) is 1.22. The van der Waals surface area contributed by atoms with Crippen molar-refractivity contribution in [3.05, 3.63) is 30.3 Å². The molecule has 0 saturated carbocycles. The van der Waals surface area contributed by atoms with Crippen LogP contribution in [0, 0.1) is 0 Å². The van der Waals surface area contributed by atoms with Crippen LogP contribution in [0.1, 0.15) is 0 Å². The Bertz CT molecular complexity index is 416. The van der Waals surface area contributed by atoms with Gasteiger partial charge < -0.3 is 4.90 Å². The lowest BCUT2D eigenvalue weighted by atomic mass is 10.3. The highest BCUT2D eigenvalue weighted by Gasteiger charge is 2.00. The van der Waals surface area contributed by atoms with Crippen LogP contribution in [0.15, 0.2) is 34.7 Å². The lowest BCUT2D eigenvalue weighted by molar-refractivity contribution is 0.611. The van der Waals surface area contributed by atoms with Crippen LogP contribution in [0.2, 0.25) is 0 Å². The van der Waals surface area contributed by atoms with E-state index in [4.69, 9.17) is 10.7 Å². The Morgan fingerprint density at radius 3 is 2.43 bits per heavy atom. The topological polar surface area (TPSA) is 49.7 Å². The first-order chi connectivity index (χ1) is 6.49. The van der Waals surface area contributed by atoms with Crippen LogP contribution in [0.3, 0.4) is 0 Å². The average molecular weight is 233 g/mol. The van der Waals surface area contributed by atoms with E-state index in [2.05, 4.69) is 4.40 Å². The van der Waals surface area contributed by atoms with Crippen LogP contribution >= 0.6 is 10.7 Å². The molecule has 0 aliphatic rings. The number of benzene rings is 1. The van der Waals surface area contributed by atoms with Gasteiger partial charge >= 0.3 is 9.24 Å². The van der Waals surface area contributed by atoms with E-state index >= 15 is 0 Å². The van der Waals surface area contributed by atoms with E-state index in [1.54, 1.807) is 11.9 Å². The van der Waals surface area contributed by atoms with Gasteiger partial charge in [-0.05, 0) is 12.1 Å². The molecule has 0 aromatic heterocycles. The molecule has 1 aromatic rings. The molecule has 0 atom stereocenters. The molecule has 0 heterocycles. The lowest BCUT2D eigenvalue weighted by Crippen LogP contribution is -2.14. The van der Waals surface area contributed by atoms with Crippen LogP contribution in [-0.4, -0.2) is 21.8 Å². The van der Waals surface area contributed by atoms with Gasteiger partial charge in [0.1, 0.15) is 6.34 Å². The molecule has 4 nitrogen and oxygen atoms in total. The number of nitrogens with zero attached hydrogens (tertiary/aromatic N) is 2. The predicted molar refractivity (Wildman–Crippen MR) is 58.1 cm³/mol. The summed E-state index contributed by atoms with van der Waals surface area (Å²) in [4.78, 5) is 1.56. The summed E-state index contributed by atoms with van der Waals surface area (Å²) in [7, 11) is 2.77. The van der Waals surface area contributed by atoms with Crippen LogP contribution in [0.4, 0.5) is 5.69 Å². The number of hydrogen-bond acceptors (Lipinski definition) is 2. The van der Waals surface area contributed by atoms with E-state index in [1.165, 1.54) is 0 Å². The van der Waals surface area contributed by atoms with Crippen molar-refractivity contribution in [1.82, 2.24) is 0 Å². The zero-order valence-corrected chi connectivity index (χ0v) is 9.03. The highest BCUT2D eigenvalue weighted by molar-refractivity contribution is 8.12. The van der Waals surface area contributed by atoms with Gasteiger partial charge in [-0.15, -0.1) is 4.40 Å². The molecule has 0 radical (unpaired) electrons. The maximum absolute atomic E-state index is 10.5. The highest BCUT2D eigenvalue weighted by atomic mass is 35.7. The van der Waals surface area contributed by atoms with Gasteiger partial charge in [0, 0.05) is 23.4 Å². The molecule has 0 amide bonds. The Morgan fingerprint density at radius 2 is 1.93 bits per heavy atom. The summed E-state index contributed by atoms with van der Waals surface area (Å²) in [5.41, 5.74) is 0.830. The second-order valence-electron chi connectivity index (χ2n) is 2.58. The van der Waals surface area contributed by atoms with Crippen molar-refractivity contribution in [2.24, 2.45) is 4.40 Å². The predicted octanol–water partition coefficient (Wildman–Crippen LogP) is 1.63. The molecule has 6 heteroatoms. The minimum Gasteiger partial charge on any atom is -0.335 e. The summed E-state index contributed by atoms with van der Waals surface area (Å²) in [6.07, 6.45) is 1.15. The van der Waals surface area contributed by atoms with Crippen LogP contribution in [0.25, 0.3) is 0 Å². The minimum atomic E-state index is -3.83. The summed E-state index contributed by atoms with van der Waals surface area (Å²) in [5, 5.41) is 0. The standard InChI is InChI=1S/C8H9ClN2O2S/c1-11(7-10-14(9,12)13)8-5-3-2-4-6-8/h2-7H,1H3/b10-7+. The summed E-state index contributed by atoms with van der Waals surface area (Å²) in [6.45, 7) is 0. The van der Waals surface area contributed by atoms with E-state index in [9.17, 15) is 8.42 Å². The molecule has 0 bridgehead atoms. The van der Waals surface area contributed by atoms with Crippen molar-refractivity contribution >= 4 is 31.9 Å². The van der Waals surface area contributed by atoms with Gasteiger partial charge in [-0.1, -0.05) is 18.2 Å². The Hall–Kier alpha value is -1.07. The third-order valence-electron chi connectivity index (χ3n) is 1.51. The Labute approximate surface area is 87.4 Å². The Kier molecular flexibility index (Phi) is 3.49. The van der Waals surface area contributed by atoms with Crippen molar-refractivity contribution in [1.29, 1.82) is 0 Å². The fourth-order valence-electron chi connectivity index (χ4n) is 0.857. The van der Waals surface area contributed by atoms with Crippen molar-refractivity contribution < 1.29 is 8.42 Å². The summed E-state index contributed by atoms with van der Waals surface area (Å²) in [5.74, 6) is 0. The van der Waals surface area contributed by atoms with E-state index in [0.29, 0.717) is 0 Å². The molecule has 1 aromatic carbocycles. The smallest absolute Gasteiger partial charge is 0.335 e. The largest absolute Gasteiger partial charge is 0.341 e. The molecule has 1 rings (SSSR count). The average Bonchev–Trinajstić information content (AvgIpc) is 2.14. The van der Waals surface area contributed by atoms with E-state index in [0.717, 1.165) is 12.0 Å². The SMILES string of the molecule is CN(/C=N/S(=O)(=O)Cl)c1ccccc1. The molecule has 76 valence electrons. The van der Waals surface area contributed by atoms with Gasteiger partial charge in [0.25, 0.3) is 0 Å². The molecule has 0 unspecified atom stereocenters. The third kappa shape index (κ3) is 3.76. The Balaban J connectivity index is 2.78. The molecular formula is C8H9ClN2O2S. The number of hydrogen-bond donors (Lipinski definition) is 0. The number of halogens is 1. The maximum atomic E-state index is 10.5. The van der Waals surface area contributed by atoms with E-state index < -0.39 is 9.24 Å². The zero-order chi connectivity index (χ0) is 10.6. The maximum Gasteiger partial charge on any atom is 0.341 e. The van der Waals surface area contributed by atoms with Crippen molar-refractivity contribution in [2.45, 2.75) is 0 Å². The van der Waals surface area contributed by atoms with Gasteiger partial charge in [0.15, 0.2) is 0 Å². The number of rotatable bonds is 3. The first-order valence-corrected chi connectivity index (χ1v) is 6.03. The number of anilines is 1. The molecule has 0 fully saturated rings. The van der Waals surface area contributed by atoms with Crippen LogP contribution in [0.5, 0.6) is 0 Å². The second-order valence-corrected chi connectivity index (χ2v) is 4.78. The van der Waals surface area contributed by atoms with Gasteiger partial charge in [-0.2, -0.15) is 8.42 Å². The molecule has 14 heavy (non-hydrogen) atoms. The normalized spacial score (nSPS) is 11.9. The molecule has 0 saturated heterocycles. The zero-order valence-electron chi connectivity index (χ0n) is 7.46. The first-order valence-electron chi connectivity index (χ1n) is 3.77. The molecule has 0 aliphatic carbocycles. The van der Waals surface area contributed by atoms with Crippen LogP contribution < -0.4 is 4.90 Å². The molecule has 0 spiro atoms. The summed E-state index contributed by atoms with van der Waals surface area (Å²) in [6, 6.07) is 9.20. The molecule has 0 N–H and O–H groups in total. The van der Waals surface area contributed by atoms with E-state index in [1.807, 2.05) is 30.3 Å². The van der Waals surface area contributed by atoms with Crippen LogP contribution in [-0.2, 0) is 9.24 Å². The van der Waals surface area contributed by atoms with Gasteiger partial charge in [0.05, 0.1) is 0 Å². The van der Waals surface area contributed by atoms with Gasteiger partial charge in [0.2, 0.25) is 0 Å². The first kappa shape index (κ1) is 11.0. The molecular weight excluding hydrogens is 224 g/mol. The van der Waals surface area contributed by atoms with Gasteiger partial charge in [-0.3, -0.25) is 0 Å². The summed E-state index contributed by atoms with van der Waals surface area (Å²) < 4.78 is 24.2. The van der Waals surface area contributed by atoms with Crippen molar-refractivity contribution in [3.63, 3.8) is 0 Å². The third-order valence-corrected chi connectivity index (χ3v) is 2.09. The van der Waals surface area contributed by atoms with Crippen molar-refractivity contribution in [3.8, 4) is 0 Å². The van der Waals surface area contributed by atoms with Gasteiger partial charge in [-0.25, -0.2) is 0 Å². The van der Waals surface area contributed by atoms with E-state index in [-0.39, 0.29) is 0 Å². The summed E-state index contributed by atoms with van der Waals surface area (Å²) >= 11 is 0. The lowest BCUT2D eigenvalue weighted by Gasteiger charge is -2.11. The monoisotopic (exact) mass is 232 g/mol. The fraction of sp³-hybridized carbons (Fsp3) is 0.125.